The summed E-state index contributed by atoms with van der Waals surface area (Å²) in [5, 5.41) is 6.42. The van der Waals surface area contributed by atoms with Crippen LogP contribution in [0.4, 0.5) is 5.00 Å². The van der Waals surface area contributed by atoms with Gasteiger partial charge in [-0.05, 0) is 36.2 Å². The molecule has 1 aromatic heterocycles. The fraction of sp³-hybridized carbons (Fsp3) is 0.429. The van der Waals surface area contributed by atoms with Crippen LogP contribution in [0.25, 0.3) is 0 Å². The first kappa shape index (κ1) is 22.5. The molecule has 2 rings (SSSR count). The van der Waals surface area contributed by atoms with Gasteiger partial charge in [0.2, 0.25) is 11.7 Å². The van der Waals surface area contributed by atoms with E-state index in [9.17, 15) is 9.59 Å². The summed E-state index contributed by atoms with van der Waals surface area (Å²) in [6.45, 7) is 7.66. The second kappa shape index (κ2) is 9.17. The number of thiophene rings is 1. The molecule has 158 valence electrons. The minimum Gasteiger partial charge on any atom is -0.493 e. The monoisotopic (exact) mass is 420 g/mol. The Morgan fingerprint density at radius 2 is 1.59 bits per heavy atom. The summed E-state index contributed by atoms with van der Waals surface area (Å²) in [6.07, 6.45) is 0. The van der Waals surface area contributed by atoms with Crippen molar-refractivity contribution in [3.8, 4) is 17.2 Å². The number of rotatable bonds is 7. The summed E-state index contributed by atoms with van der Waals surface area (Å²) in [4.78, 5) is 25.4. The SMILES string of the molecule is COc1cc(CNC(=O)c2sc(NC(=O)C(C)(C)C)cc2C)cc(OC)c1OC. The minimum atomic E-state index is -0.507. The highest BCUT2D eigenvalue weighted by molar-refractivity contribution is 7.18. The Labute approximate surface area is 175 Å². The Hall–Kier alpha value is -2.74. The number of ether oxygens (including phenoxy) is 3. The lowest BCUT2D eigenvalue weighted by atomic mass is 9.96. The van der Waals surface area contributed by atoms with Crippen molar-refractivity contribution in [2.24, 2.45) is 5.41 Å². The van der Waals surface area contributed by atoms with E-state index in [4.69, 9.17) is 14.2 Å². The van der Waals surface area contributed by atoms with Gasteiger partial charge in [0.05, 0.1) is 31.2 Å². The maximum Gasteiger partial charge on any atom is 0.261 e. The lowest BCUT2D eigenvalue weighted by Crippen LogP contribution is -2.27. The molecule has 0 bridgehead atoms. The summed E-state index contributed by atoms with van der Waals surface area (Å²) in [6, 6.07) is 5.39. The maximum atomic E-state index is 12.7. The molecule has 0 radical (unpaired) electrons. The molecular weight excluding hydrogens is 392 g/mol. The number of nitrogens with one attached hydrogen (secondary N) is 2. The number of benzene rings is 1. The lowest BCUT2D eigenvalue weighted by Gasteiger charge is -2.16. The number of anilines is 1. The van der Waals surface area contributed by atoms with Crippen LogP contribution in [0, 0.1) is 12.3 Å². The van der Waals surface area contributed by atoms with E-state index in [-0.39, 0.29) is 18.4 Å². The van der Waals surface area contributed by atoms with Crippen molar-refractivity contribution in [1.82, 2.24) is 5.32 Å². The van der Waals surface area contributed by atoms with Gasteiger partial charge in [-0.1, -0.05) is 20.8 Å². The third-order valence-corrected chi connectivity index (χ3v) is 5.37. The van der Waals surface area contributed by atoms with E-state index in [1.165, 1.54) is 18.4 Å². The van der Waals surface area contributed by atoms with Gasteiger partial charge in [0.25, 0.3) is 5.91 Å². The zero-order valence-corrected chi connectivity index (χ0v) is 18.7. The number of aryl methyl sites for hydroxylation is 1. The van der Waals surface area contributed by atoms with Crippen LogP contribution in [-0.2, 0) is 11.3 Å². The smallest absolute Gasteiger partial charge is 0.261 e. The number of carbonyl (C=O) groups is 2. The van der Waals surface area contributed by atoms with E-state index in [0.717, 1.165) is 11.1 Å². The van der Waals surface area contributed by atoms with Gasteiger partial charge in [-0.15, -0.1) is 11.3 Å². The number of amides is 2. The molecule has 0 aliphatic carbocycles. The molecule has 0 saturated heterocycles. The molecule has 2 N–H and O–H groups in total. The average Bonchev–Trinajstić information content (AvgIpc) is 3.04. The minimum absolute atomic E-state index is 0.0943. The van der Waals surface area contributed by atoms with Crippen molar-refractivity contribution >= 4 is 28.2 Å². The van der Waals surface area contributed by atoms with Crippen LogP contribution < -0.4 is 24.8 Å². The maximum absolute atomic E-state index is 12.7. The molecule has 0 fully saturated rings. The molecule has 0 spiro atoms. The quantitative estimate of drug-likeness (QED) is 0.707. The zero-order chi connectivity index (χ0) is 21.8. The molecule has 0 aliphatic heterocycles. The number of hydrogen-bond acceptors (Lipinski definition) is 6. The van der Waals surface area contributed by atoms with Crippen LogP contribution in [-0.4, -0.2) is 33.1 Å². The molecule has 29 heavy (non-hydrogen) atoms. The summed E-state index contributed by atoms with van der Waals surface area (Å²) >= 11 is 1.26. The Morgan fingerprint density at radius 1 is 1.00 bits per heavy atom. The van der Waals surface area contributed by atoms with Crippen LogP contribution in [0.5, 0.6) is 17.2 Å². The summed E-state index contributed by atoms with van der Waals surface area (Å²) in [7, 11) is 4.63. The van der Waals surface area contributed by atoms with Crippen LogP contribution in [0.3, 0.4) is 0 Å². The van der Waals surface area contributed by atoms with Crippen molar-refractivity contribution in [3.63, 3.8) is 0 Å². The number of methoxy groups -OCH3 is 3. The van der Waals surface area contributed by atoms with E-state index >= 15 is 0 Å². The van der Waals surface area contributed by atoms with Gasteiger partial charge in [0.1, 0.15) is 0 Å². The molecule has 0 saturated carbocycles. The average molecular weight is 421 g/mol. The van der Waals surface area contributed by atoms with Crippen LogP contribution >= 0.6 is 11.3 Å². The molecule has 2 aromatic rings. The van der Waals surface area contributed by atoms with Crippen LogP contribution in [0.1, 0.15) is 41.6 Å². The molecular formula is C21H28N2O5S. The molecule has 1 heterocycles. The predicted molar refractivity (Wildman–Crippen MR) is 114 cm³/mol. The first-order valence-corrected chi connectivity index (χ1v) is 9.91. The van der Waals surface area contributed by atoms with Gasteiger partial charge in [0.15, 0.2) is 11.5 Å². The van der Waals surface area contributed by atoms with Gasteiger partial charge >= 0.3 is 0 Å². The topological polar surface area (TPSA) is 85.9 Å². The lowest BCUT2D eigenvalue weighted by molar-refractivity contribution is -0.123. The second-order valence-electron chi connectivity index (χ2n) is 7.54. The molecule has 7 nitrogen and oxygen atoms in total. The van der Waals surface area contributed by atoms with E-state index in [2.05, 4.69) is 10.6 Å². The van der Waals surface area contributed by atoms with Gasteiger partial charge in [-0.3, -0.25) is 9.59 Å². The van der Waals surface area contributed by atoms with E-state index in [1.807, 2.05) is 33.8 Å². The third-order valence-electron chi connectivity index (χ3n) is 4.22. The molecule has 2 amide bonds. The van der Waals surface area contributed by atoms with Crippen molar-refractivity contribution in [2.45, 2.75) is 34.2 Å². The Kier molecular flexibility index (Phi) is 7.13. The van der Waals surface area contributed by atoms with Gasteiger partial charge < -0.3 is 24.8 Å². The zero-order valence-electron chi connectivity index (χ0n) is 17.9. The Bertz CT molecular complexity index is 874. The van der Waals surface area contributed by atoms with Crippen molar-refractivity contribution in [2.75, 3.05) is 26.6 Å². The summed E-state index contributed by atoms with van der Waals surface area (Å²) < 4.78 is 16.0. The largest absolute Gasteiger partial charge is 0.493 e. The van der Waals surface area contributed by atoms with Crippen LogP contribution in [0.2, 0.25) is 0 Å². The highest BCUT2D eigenvalue weighted by Gasteiger charge is 2.23. The van der Waals surface area contributed by atoms with Gasteiger partial charge in [-0.25, -0.2) is 0 Å². The summed E-state index contributed by atoms with van der Waals surface area (Å²) in [5.74, 6) is 1.24. The first-order chi connectivity index (χ1) is 13.6. The number of hydrogen-bond donors (Lipinski definition) is 2. The summed E-state index contributed by atoms with van der Waals surface area (Å²) in [5.41, 5.74) is 1.11. The van der Waals surface area contributed by atoms with E-state index in [1.54, 1.807) is 26.4 Å². The molecule has 0 unspecified atom stereocenters. The molecule has 0 atom stereocenters. The molecule has 1 aromatic carbocycles. The third kappa shape index (κ3) is 5.41. The molecule has 8 heteroatoms. The molecule has 0 aliphatic rings. The predicted octanol–water partition coefficient (Wildman–Crippen LogP) is 4.00. The standard InChI is InChI=1S/C21H28N2O5S/c1-12-8-16(23-20(25)21(2,3)4)29-18(12)19(24)22-11-13-9-14(26-5)17(28-7)15(10-13)27-6/h8-10H,11H2,1-7H3,(H,22,24)(H,23,25). The highest BCUT2D eigenvalue weighted by Crippen LogP contribution is 2.38. The van der Waals surface area contributed by atoms with E-state index < -0.39 is 5.41 Å². The van der Waals surface area contributed by atoms with Crippen molar-refractivity contribution < 1.29 is 23.8 Å². The Morgan fingerprint density at radius 3 is 2.07 bits per heavy atom. The Balaban J connectivity index is 2.13. The van der Waals surface area contributed by atoms with Gasteiger partial charge in [-0.2, -0.15) is 0 Å². The highest BCUT2D eigenvalue weighted by atomic mass is 32.1. The normalized spacial score (nSPS) is 11.0. The fourth-order valence-corrected chi connectivity index (χ4v) is 3.55. The van der Waals surface area contributed by atoms with Gasteiger partial charge in [0, 0.05) is 12.0 Å². The van der Waals surface area contributed by atoms with Crippen molar-refractivity contribution in [1.29, 1.82) is 0 Å². The van der Waals surface area contributed by atoms with E-state index in [0.29, 0.717) is 27.1 Å². The first-order valence-electron chi connectivity index (χ1n) is 9.09. The number of carbonyl (C=O) groups excluding carboxylic acids is 2. The van der Waals surface area contributed by atoms with Crippen LogP contribution in [0.15, 0.2) is 18.2 Å². The fourth-order valence-electron chi connectivity index (χ4n) is 2.57. The van der Waals surface area contributed by atoms with Crippen molar-refractivity contribution in [3.05, 3.63) is 34.2 Å². The second-order valence-corrected chi connectivity index (χ2v) is 8.60.